The molecule has 2 nitrogen and oxygen atoms in total. The average molecular weight is 295 g/mol. The second-order valence-corrected chi connectivity index (χ2v) is 5.70. The Balaban J connectivity index is 2.03. The summed E-state index contributed by atoms with van der Waals surface area (Å²) in [6.07, 6.45) is 0.712. The van der Waals surface area contributed by atoms with Crippen molar-refractivity contribution in [3.05, 3.63) is 60.2 Å². The summed E-state index contributed by atoms with van der Waals surface area (Å²) in [7, 11) is 0. The molecule has 1 N–H and O–H groups in total. The number of hydrogen-bond acceptors (Lipinski definition) is 3. The third-order valence-electron chi connectivity index (χ3n) is 2.74. The number of benzene rings is 2. The van der Waals surface area contributed by atoms with E-state index in [9.17, 15) is 4.79 Å². The lowest BCUT2D eigenvalue weighted by Crippen LogP contribution is -1.92. The Morgan fingerprint density at radius 2 is 1.81 bits per heavy atom. The highest BCUT2D eigenvalue weighted by molar-refractivity contribution is 8.13. The van der Waals surface area contributed by atoms with E-state index in [1.54, 1.807) is 6.92 Å². The maximum absolute atomic E-state index is 10.8. The molecule has 0 spiro atoms. The first-order valence-electron chi connectivity index (χ1n) is 6.79. The maximum atomic E-state index is 10.8. The van der Waals surface area contributed by atoms with Crippen molar-refractivity contribution in [3.63, 3.8) is 0 Å². The molecule has 106 valence electrons. The van der Waals surface area contributed by atoms with Crippen molar-refractivity contribution in [2.45, 2.75) is 13.3 Å². The second-order valence-electron chi connectivity index (χ2n) is 4.43. The fraction of sp³-hybridized carbons (Fsp3) is 0.167. The van der Waals surface area contributed by atoms with Crippen LogP contribution in [0.2, 0.25) is 0 Å². The molecule has 0 aromatic heterocycles. The van der Waals surface area contributed by atoms with Crippen LogP contribution in [0.3, 0.4) is 0 Å². The van der Waals surface area contributed by atoms with Crippen LogP contribution in [0.25, 0.3) is 0 Å². The molecule has 0 fully saturated rings. The van der Waals surface area contributed by atoms with E-state index in [-0.39, 0.29) is 5.12 Å². The Bertz CT molecular complexity index is 656. The summed E-state index contributed by atoms with van der Waals surface area (Å²) in [5.74, 6) is 7.04. The van der Waals surface area contributed by atoms with Gasteiger partial charge in [-0.3, -0.25) is 4.79 Å². The topological polar surface area (TPSA) is 29.1 Å². The number of carbonyl (C=O) groups is 1. The number of para-hydroxylation sites is 2. The molecule has 0 bridgehead atoms. The zero-order valence-electron chi connectivity index (χ0n) is 11.9. The highest BCUT2D eigenvalue weighted by Crippen LogP contribution is 2.19. The predicted molar refractivity (Wildman–Crippen MR) is 90.8 cm³/mol. The summed E-state index contributed by atoms with van der Waals surface area (Å²) < 4.78 is 0. The van der Waals surface area contributed by atoms with Gasteiger partial charge in [0.05, 0.1) is 5.69 Å². The summed E-state index contributed by atoms with van der Waals surface area (Å²) in [6.45, 7) is 1.58. The van der Waals surface area contributed by atoms with Crippen molar-refractivity contribution in [3.8, 4) is 11.8 Å². The van der Waals surface area contributed by atoms with Crippen molar-refractivity contribution in [1.29, 1.82) is 0 Å². The van der Waals surface area contributed by atoms with Crippen molar-refractivity contribution >= 4 is 28.3 Å². The molecular weight excluding hydrogens is 278 g/mol. The lowest BCUT2D eigenvalue weighted by Gasteiger charge is -2.08. The van der Waals surface area contributed by atoms with Gasteiger partial charge in [0.15, 0.2) is 5.12 Å². The van der Waals surface area contributed by atoms with Gasteiger partial charge in [-0.15, -0.1) is 0 Å². The Labute approximate surface area is 130 Å². The number of nitrogens with one attached hydrogen (secondary N) is 1. The number of rotatable bonds is 4. The fourth-order valence-electron chi connectivity index (χ4n) is 1.78. The Morgan fingerprint density at radius 1 is 1.10 bits per heavy atom. The van der Waals surface area contributed by atoms with E-state index in [1.807, 2.05) is 54.6 Å². The lowest BCUT2D eigenvalue weighted by atomic mass is 10.1. The molecule has 0 heterocycles. The number of carbonyl (C=O) groups excluding carboxylic acids is 1. The van der Waals surface area contributed by atoms with E-state index in [2.05, 4.69) is 17.2 Å². The molecule has 2 aromatic carbocycles. The summed E-state index contributed by atoms with van der Waals surface area (Å²) in [4.78, 5) is 10.8. The molecule has 0 atom stereocenters. The van der Waals surface area contributed by atoms with Crippen LogP contribution in [0.4, 0.5) is 11.4 Å². The van der Waals surface area contributed by atoms with Gasteiger partial charge in [0.25, 0.3) is 0 Å². The monoisotopic (exact) mass is 295 g/mol. The van der Waals surface area contributed by atoms with Gasteiger partial charge in [-0.05, 0) is 24.3 Å². The van der Waals surface area contributed by atoms with Crippen molar-refractivity contribution in [2.75, 3.05) is 11.1 Å². The molecule has 3 heteroatoms. The highest BCUT2D eigenvalue weighted by Gasteiger charge is 1.99. The minimum absolute atomic E-state index is 0.142. The van der Waals surface area contributed by atoms with Crippen molar-refractivity contribution in [2.24, 2.45) is 0 Å². The van der Waals surface area contributed by atoms with E-state index in [4.69, 9.17) is 0 Å². The lowest BCUT2D eigenvalue weighted by molar-refractivity contribution is -0.109. The minimum Gasteiger partial charge on any atom is -0.355 e. The first kappa shape index (κ1) is 15.2. The van der Waals surface area contributed by atoms with Crippen LogP contribution in [-0.4, -0.2) is 10.9 Å². The number of hydrogen-bond donors (Lipinski definition) is 1. The van der Waals surface area contributed by atoms with Gasteiger partial charge in [0.1, 0.15) is 0 Å². The smallest absolute Gasteiger partial charge is 0.185 e. The van der Waals surface area contributed by atoms with E-state index in [0.29, 0.717) is 6.42 Å². The fourth-order valence-corrected chi connectivity index (χ4v) is 2.27. The second kappa shape index (κ2) is 8.18. The van der Waals surface area contributed by atoms with Crippen molar-refractivity contribution in [1.82, 2.24) is 0 Å². The van der Waals surface area contributed by atoms with E-state index >= 15 is 0 Å². The zero-order chi connectivity index (χ0) is 14.9. The van der Waals surface area contributed by atoms with Crippen LogP contribution in [0.5, 0.6) is 0 Å². The third-order valence-corrected chi connectivity index (χ3v) is 3.55. The molecule has 0 aliphatic heterocycles. The molecule has 0 aliphatic rings. The van der Waals surface area contributed by atoms with Crippen LogP contribution >= 0.6 is 11.8 Å². The van der Waals surface area contributed by atoms with Crippen molar-refractivity contribution < 1.29 is 4.79 Å². The minimum atomic E-state index is 0.142. The van der Waals surface area contributed by atoms with Gasteiger partial charge >= 0.3 is 0 Å². The first-order chi connectivity index (χ1) is 10.3. The quantitative estimate of drug-likeness (QED) is 0.667. The maximum Gasteiger partial charge on any atom is 0.185 e. The largest absolute Gasteiger partial charge is 0.355 e. The molecule has 2 rings (SSSR count). The Morgan fingerprint density at radius 3 is 2.57 bits per heavy atom. The standard InChI is InChI=1S/C18H17NOS/c1-15(20)21-14-8-7-10-16-9-5-6-13-18(16)19-17-11-3-2-4-12-17/h2-6,9,11-13,19H,8,14H2,1H3. The Kier molecular flexibility index (Phi) is 5.93. The summed E-state index contributed by atoms with van der Waals surface area (Å²) >= 11 is 1.32. The Hall–Kier alpha value is -2.18. The van der Waals surface area contributed by atoms with Crippen LogP contribution in [0.15, 0.2) is 54.6 Å². The first-order valence-corrected chi connectivity index (χ1v) is 7.77. The average Bonchev–Trinajstić information content (AvgIpc) is 2.49. The van der Waals surface area contributed by atoms with E-state index in [1.165, 1.54) is 11.8 Å². The van der Waals surface area contributed by atoms with Crippen LogP contribution in [-0.2, 0) is 4.79 Å². The van der Waals surface area contributed by atoms with Gasteiger partial charge in [0.2, 0.25) is 0 Å². The third kappa shape index (κ3) is 5.37. The zero-order valence-corrected chi connectivity index (χ0v) is 12.7. The molecule has 0 saturated carbocycles. The summed E-state index contributed by atoms with van der Waals surface area (Å²) in [5.41, 5.74) is 3.00. The molecule has 0 aliphatic carbocycles. The summed E-state index contributed by atoms with van der Waals surface area (Å²) in [6, 6.07) is 18.0. The van der Waals surface area contributed by atoms with E-state index in [0.717, 1.165) is 22.7 Å². The molecule has 0 unspecified atom stereocenters. The highest BCUT2D eigenvalue weighted by atomic mass is 32.2. The molecule has 0 radical (unpaired) electrons. The molecular formula is C18H17NOS. The van der Waals surface area contributed by atoms with Gasteiger partial charge in [0, 0.05) is 30.3 Å². The molecule has 0 amide bonds. The van der Waals surface area contributed by atoms with Gasteiger partial charge < -0.3 is 5.32 Å². The van der Waals surface area contributed by atoms with E-state index < -0.39 is 0 Å². The predicted octanol–water partition coefficient (Wildman–Crippen LogP) is 4.45. The normalized spacial score (nSPS) is 9.57. The van der Waals surface area contributed by atoms with Crippen LogP contribution < -0.4 is 5.32 Å². The number of thioether (sulfide) groups is 1. The molecule has 0 saturated heterocycles. The molecule has 2 aromatic rings. The van der Waals surface area contributed by atoms with Crippen LogP contribution in [0.1, 0.15) is 18.9 Å². The van der Waals surface area contributed by atoms with Crippen LogP contribution in [0, 0.1) is 11.8 Å². The number of anilines is 2. The summed E-state index contributed by atoms with van der Waals surface area (Å²) in [5, 5.41) is 3.51. The SMILES string of the molecule is CC(=O)SCCC#Cc1ccccc1Nc1ccccc1. The van der Waals surface area contributed by atoms with Gasteiger partial charge in [-0.1, -0.05) is 53.9 Å². The molecule has 21 heavy (non-hydrogen) atoms. The van der Waals surface area contributed by atoms with Gasteiger partial charge in [-0.25, -0.2) is 0 Å². The van der Waals surface area contributed by atoms with Gasteiger partial charge in [-0.2, -0.15) is 0 Å².